The maximum absolute atomic E-state index is 12.1. The summed E-state index contributed by atoms with van der Waals surface area (Å²) < 4.78 is 0. The first-order chi connectivity index (χ1) is 7.66. The van der Waals surface area contributed by atoms with Crippen molar-refractivity contribution in [2.75, 3.05) is 19.6 Å². The quantitative estimate of drug-likeness (QED) is 0.574. The Labute approximate surface area is 94.7 Å². The standard InChI is InChI=1S/C11H17N3O2/c12-9-2-1-8(7-9)11(16)14-5-3-10(15)13-4-6-14/h1-2,8-9H,3-7,12H2,(H,13,15). The molecule has 2 atom stereocenters. The van der Waals surface area contributed by atoms with Gasteiger partial charge in [-0.2, -0.15) is 0 Å². The van der Waals surface area contributed by atoms with Crippen molar-refractivity contribution in [3.05, 3.63) is 12.2 Å². The van der Waals surface area contributed by atoms with E-state index in [4.69, 9.17) is 5.73 Å². The first-order valence-electron chi connectivity index (χ1n) is 5.66. The molecule has 1 fully saturated rings. The van der Waals surface area contributed by atoms with Gasteiger partial charge in [0.1, 0.15) is 0 Å². The SMILES string of the molecule is NC1C=CC(C(=O)N2CCNC(=O)CC2)C1. The normalized spacial score (nSPS) is 30.1. The van der Waals surface area contributed by atoms with Gasteiger partial charge < -0.3 is 16.0 Å². The van der Waals surface area contributed by atoms with Crippen LogP contribution in [0.25, 0.3) is 0 Å². The molecule has 0 radical (unpaired) electrons. The third-order valence-corrected chi connectivity index (χ3v) is 3.06. The molecule has 0 aromatic heterocycles. The van der Waals surface area contributed by atoms with Gasteiger partial charge in [0.05, 0.1) is 5.92 Å². The Bertz CT molecular complexity index is 327. The zero-order chi connectivity index (χ0) is 11.5. The van der Waals surface area contributed by atoms with Gasteiger partial charge in [-0.15, -0.1) is 0 Å². The lowest BCUT2D eigenvalue weighted by Gasteiger charge is -2.22. The maximum Gasteiger partial charge on any atom is 0.229 e. The second-order valence-corrected chi connectivity index (χ2v) is 4.32. The summed E-state index contributed by atoms with van der Waals surface area (Å²) in [6, 6.07) is 0.000634. The summed E-state index contributed by atoms with van der Waals surface area (Å²) in [7, 11) is 0. The molecule has 3 N–H and O–H groups in total. The minimum Gasteiger partial charge on any atom is -0.354 e. The smallest absolute Gasteiger partial charge is 0.229 e. The van der Waals surface area contributed by atoms with Crippen molar-refractivity contribution in [1.82, 2.24) is 10.2 Å². The van der Waals surface area contributed by atoms with E-state index in [-0.39, 0.29) is 23.8 Å². The van der Waals surface area contributed by atoms with E-state index in [1.807, 2.05) is 12.2 Å². The van der Waals surface area contributed by atoms with Crippen molar-refractivity contribution in [3.63, 3.8) is 0 Å². The fourth-order valence-corrected chi connectivity index (χ4v) is 2.13. The van der Waals surface area contributed by atoms with Crippen molar-refractivity contribution in [3.8, 4) is 0 Å². The number of nitrogens with one attached hydrogen (secondary N) is 1. The van der Waals surface area contributed by atoms with Crippen LogP contribution in [0, 0.1) is 5.92 Å². The number of carbonyl (C=O) groups is 2. The van der Waals surface area contributed by atoms with Gasteiger partial charge in [-0.3, -0.25) is 9.59 Å². The van der Waals surface area contributed by atoms with E-state index in [9.17, 15) is 9.59 Å². The van der Waals surface area contributed by atoms with E-state index in [0.717, 1.165) is 0 Å². The lowest BCUT2D eigenvalue weighted by Crippen LogP contribution is -2.38. The molecule has 0 aromatic rings. The molecule has 1 aliphatic carbocycles. The van der Waals surface area contributed by atoms with Crippen molar-refractivity contribution < 1.29 is 9.59 Å². The molecule has 2 aliphatic rings. The zero-order valence-electron chi connectivity index (χ0n) is 9.19. The Morgan fingerprint density at radius 2 is 2.25 bits per heavy atom. The summed E-state index contributed by atoms with van der Waals surface area (Å²) in [5.74, 6) is 0.0258. The Hall–Kier alpha value is -1.36. The van der Waals surface area contributed by atoms with Crippen LogP contribution < -0.4 is 11.1 Å². The number of carbonyl (C=O) groups excluding carboxylic acids is 2. The average Bonchev–Trinajstić information content (AvgIpc) is 2.57. The van der Waals surface area contributed by atoms with Gasteiger partial charge in [-0.25, -0.2) is 0 Å². The summed E-state index contributed by atoms with van der Waals surface area (Å²) >= 11 is 0. The average molecular weight is 223 g/mol. The van der Waals surface area contributed by atoms with Crippen LogP contribution in [-0.4, -0.2) is 42.4 Å². The Morgan fingerprint density at radius 3 is 2.94 bits per heavy atom. The Balaban J connectivity index is 1.94. The van der Waals surface area contributed by atoms with Crippen molar-refractivity contribution >= 4 is 11.8 Å². The number of nitrogens with two attached hydrogens (primary N) is 1. The van der Waals surface area contributed by atoms with Crippen LogP contribution in [0.1, 0.15) is 12.8 Å². The van der Waals surface area contributed by atoms with E-state index >= 15 is 0 Å². The predicted octanol–water partition coefficient (Wildman–Crippen LogP) is -0.762. The molecule has 0 bridgehead atoms. The molecule has 2 unspecified atom stereocenters. The van der Waals surface area contributed by atoms with Gasteiger partial charge in [0, 0.05) is 32.1 Å². The van der Waals surface area contributed by atoms with Crippen LogP contribution >= 0.6 is 0 Å². The Morgan fingerprint density at radius 1 is 1.44 bits per heavy atom. The second kappa shape index (κ2) is 4.65. The lowest BCUT2D eigenvalue weighted by molar-refractivity contribution is -0.133. The molecule has 5 nitrogen and oxygen atoms in total. The van der Waals surface area contributed by atoms with Crippen LogP contribution in [0.15, 0.2) is 12.2 Å². The third kappa shape index (κ3) is 2.41. The molecule has 2 rings (SSSR count). The fraction of sp³-hybridized carbons (Fsp3) is 0.636. The largest absolute Gasteiger partial charge is 0.354 e. The minimum atomic E-state index is -0.0943. The van der Waals surface area contributed by atoms with Gasteiger partial charge in [-0.1, -0.05) is 12.2 Å². The highest BCUT2D eigenvalue weighted by atomic mass is 16.2. The van der Waals surface area contributed by atoms with Crippen LogP contribution in [0.5, 0.6) is 0 Å². The van der Waals surface area contributed by atoms with Crippen LogP contribution in [0.2, 0.25) is 0 Å². The molecule has 0 aromatic carbocycles. The zero-order valence-corrected chi connectivity index (χ0v) is 9.19. The molecule has 88 valence electrons. The molecule has 5 heteroatoms. The van der Waals surface area contributed by atoms with E-state index in [2.05, 4.69) is 5.32 Å². The molecule has 2 amide bonds. The topological polar surface area (TPSA) is 75.4 Å². The summed E-state index contributed by atoms with van der Waals surface area (Å²) in [6.45, 7) is 1.67. The van der Waals surface area contributed by atoms with E-state index in [0.29, 0.717) is 32.5 Å². The van der Waals surface area contributed by atoms with Gasteiger partial charge in [-0.05, 0) is 6.42 Å². The molecule has 1 aliphatic heterocycles. The first-order valence-corrected chi connectivity index (χ1v) is 5.66. The monoisotopic (exact) mass is 223 g/mol. The lowest BCUT2D eigenvalue weighted by atomic mass is 10.1. The molecule has 16 heavy (non-hydrogen) atoms. The molecule has 0 spiro atoms. The van der Waals surface area contributed by atoms with Gasteiger partial charge in [0.2, 0.25) is 11.8 Å². The van der Waals surface area contributed by atoms with E-state index in [1.54, 1.807) is 4.90 Å². The minimum absolute atomic E-state index is 0.000634. The van der Waals surface area contributed by atoms with Gasteiger partial charge in [0.25, 0.3) is 0 Å². The van der Waals surface area contributed by atoms with E-state index in [1.165, 1.54) is 0 Å². The maximum atomic E-state index is 12.1. The number of amides is 2. The number of hydrogen-bond donors (Lipinski definition) is 2. The van der Waals surface area contributed by atoms with Gasteiger partial charge >= 0.3 is 0 Å². The number of rotatable bonds is 1. The third-order valence-electron chi connectivity index (χ3n) is 3.06. The predicted molar refractivity (Wildman–Crippen MR) is 59.4 cm³/mol. The van der Waals surface area contributed by atoms with Gasteiger partial charge in [0.15, 0.2) is 0 Å². The molecular formula is C11H17N3O2. The summed E-state index contributed by atoms with van der Waals surface area (Å²) in [4.78, 5) is 25.0. The summed E-state index contributed by atoms with van der Waals surface area (Å²) in [5.41, 5.74) is 5.72. The highest BCUT2D eigenvalue weighted by Crippen LogP contribution is 2.19. The molecular weight excluding hydrogens is 206 g/mol. The number of nitrogens with zero attached hydrogens (tertiary/aromatic N) is 1. The molecule has 0 saturated carbocycles. The van der Waals surface area contributed by atoms with Crippen molar-refractivity contribution in [2.45, 2.75) is 18.9 Å². The highest BCUT2D eigenvalue weighted by molar-refractivity contribution is 5.83. The fourth-order valence-electron chi connectivity index (χ4n) is 2.13. The molecule has 1 saturated heterocycles. The van der Waals surface area contributed by atoms with Crippen molar-refractivity contribution in [2.24, 2.45) is 11.7 Å². The first kappa shape index (κ1) is 11.1. The van der Waals surface area contributed by atoms with E-state index < -0.39 is 0 Å². The van der Waals surface area contributed by atoms with Crippen LogP contribution in [-0.2, 0) is 9.59 Å². The highest BCUT2D eigenvalue weighted by Gasteiger charge is 2.28. The summed E-state index contributed by atoms with van der Waals surface area (Å²) in [6.07, 6.45) is 4.85. The Kier molecular flexibility index (Phi) is 3.24. The number of hydrogen-bond acceptors (Lipinski definition) is 3. The van der Waals surface area contributed by atoms with Crippen molar-refractivity contribution in [1.29, 1.82) is 0 Å². The summed E-state index contributed by atoms with van der Waals surface area (Å²) in [5, 5.41) is 2.75. The second-order valence-electron chi connectivity index (χ2n) is 4.32. The molecule has 1 heterocycles. The van der Waals surface area contributed by atoms with Crippen LogP contribution in [0.3, 0.4) is 0 Å². The van der Waals surface area contributed by atoms with Crippen LogP contribution in [0.4, 0.5) is 0 Å².